The summed E-state index contributed by atoms with van der Waals surface area (Å²) in [4.78, 5) is 0. The zero-order valence-electron chi connectivity index (χ0n) is 8.00. The van der Waals surface area contributed by atoms with Gasteiger partial charge in [0.25, 0.3) is 0 Å². The highest BCUT2D eigenvalue weighted by molar-refractivity contribution is 9.23. The van der Waals surface area contributed by atoms with E-state index in [9.17, 15) is 0 Å². The minimum Gasteiger partial charge on any atom is -0.376 e. The zero-order chi connectivity index (χ0) is 10.1. The van der Waals surface area contributed by atoms with Gasteiger partial charge in [-0.2, -0.15) is 0 Å². The molecule has 14 heavy (non-hydrogen) atoms. The minimum atomic E-state index is -0.275. The van der Waals surface area contributed by atoms with Gasteiger partial charge in [-0.05, 0) is 5.56 Å². The third-order valence-electron chi connectivity index (χ3n) is 1.67. The molecule has 0 aliphatic carbocycles. The molecule has 0 heterocycles. The maximum atomic E-state index is 5.46. The Morgan fingerprint density at radius 2 is 2.07 bits per heavy atom. The van der Waals surface area contributed by atoms with Crippen LogP contribution in [-0.2, 0) is 11.3 Å². The molecule has 3 heteroatoms. The summed E-state index contributed by atoms with van der Waals surface area (Å²) in [5, 5.41) is 0. The van der Waals surface area contributed by atoms with Crippen molar-refractivity contribution in [3.63, 3.8) is 0 Å². The molecule has 0 bridgehead atoms. The van der Waals surface area contributed by atoms with Crippen LogP contribution in [0.5, 0.6) is 0 Å². The van der Waals surface area contributed by atoms with Crippen LogP contribution in [0.2, 0.25) is 0 Å². The summed E-state index contributed by atoms with van der Waals surface area (Å²) in [5.41, 5.74) is 1.22. The van der Waals surface area contributed by atoms with E-state index in [-0.39, 0.29) is 18.2 Å². The molecular formula is C11H11BrMgO. The Bertz CT molecular complexity index is 302. The van der Waals surface area contributed by atoms with E-state index >= 15 is 0 Å². The molecule has 1 nitrogen and oxygen atoms in total. The van der Waals surface area contributed by atoms with Crippen LogP contribution in [0, 0.1) is 9.97 Å². The van der Waals surface area contributed by atoms with Crippen LogP contribution in [0.15, 0.2) is 30.3 Å². The fraction of sp³-hybridized carbons (Fsp3) is 0.273. The van der Waals surface area contributed by atoms with Gasteiger partial charge in [0.15, 0.2) is 0 Å². The first kappa shape index (κ1) is 12.1. The lowest BCUT2D eigenvalue weighted by atomic mass is 10.2. The van der Waals surface area contributed by atoms with E-state index in [4.69, 9.17) is 4.74 Å². The van der Waals surface area contributed by atoms with Crippen molar-refractivity contribution in [2.45, 2.75) is 13.0 Å². The first-order valence-electron chi connectivity index (χ1n) is 4.57. The molecule has 0 amide bonds. The highest BCUT2D eigenvalue weighted by atomic mass is 79.9. The first-order chi connectivity index (χ1) is 6.93. The molecule has 0 atom stereocenters. The van der Waals surface area contributed by atoms with E-state index < -0.39 is 0 Å². The topological polar surface area (TPSA) is 9.23 Å². The van der Waals surface area contributed by atoms with Gasteiger partial charge in [0.05, 0.1) is 13.2 Å². The molecule has 1 aromatic carbocycles. The Morgan fingerprint density at radius 3 is 2.79 bits per heavy atom. The Morgan fingerprint density at radius 1 is 1.29 bits per heavy atom. The van der Waals surface area contributed by atoms with Gasteiger partial charge >= 0.3 is 18.2 Å². The van der Waals surface area contributed by atoms with Crippen LogP contribution >= 0.6 is 12.9 Å². The first-order valence-corrected chi connectivity index (χ1v) is 9.17. The van der Waals surface area contributed by atoms with Gasteiger partial charge in [0.2, 0.25) is 0 Å². The van der Waals surface area contributed by atoms with Gasteiger partial charge < -0.3 is 4.74 Å². The third kappa shape index (κ3) is 5.66. The molecule has 0 aromatic heterocycles. The smallest absolute Gasteiger partial charge is 0.376 e. The molecule has 0 aliphatic heterocycles. The van der Waals surface area contributed by atoms with Crippen LogP contribution in [-0.4, -0.2) is 24.8 Å². The molecule has 1 rings (SSSR count). The number of halogens is 1. The largest absolute Gasteiger partial charge is 0.569 e. The Balaban J connectivity index is 2.10. The van der Waals surface area contributed by atoms with E-state index in [2.05, 4.69) is 35.0 Å². The summed E-state index contributed by atoms with van der Waals surface area (Å²) < 4.78 is 8.54. The zero-order valence-corrected chi connectivity index (χ0v) is 11.0. The molecule has 1 aromatic rings. The summed E-state index contributed by atoms with van der Waals surface area (Å²) in [7, 11) is 0. The number of benzene rings is 1. The number of hydrogen-bond acceptors (Lipinski definition) is 1. The van der Waals surface area contributed by atoms with E-state index in [1.54, 1.807) is 0 Å². The van der Waals surface area contributed by atoms with Crippen LogP contribution in [0.3, 0.4) is 0 Å². The maximum Gasteiger partial charge on any atom is 0.569 e. The molecule has 0 saturated heterocycles. The minimum absolute atomic E-state index is 0.275. The number of rotatable bonds is 4. The predicted octanol–water partition coefficient (Wildman–Crippen LogP) is 2.57. The summed E-state index contributed by atoms with van der Waals surface area (Å²) in [5.74, 6) is 3.06. The molecule has 0 radical (unpaired) electrons. The van der Waals surface area contributed by atoms with Gasteiger partial charge in [-0.25, -0.2) is 0 Å². The molecule has 0 unspecified atom stereocenters. The van der Waals surface area contributed by atoms with E-state index in [0.29, 0.717) is 6.61 Å². The lowest BCUT2D eigenvalue weighted by Crippen LogP contribution is -1.94. The van der Waals surface area contributed by atoms with E-state index in [1.165, 1.54) is 5.56 Å². The second-order valence-corrected chi connectivity index (χ2v) is 5.08. The number of ether oxygens (including phenoxy) is 1. The van der Waals surface area contributed by atoms with Crippen LogP contribution < -0.4 is 0 Å². The molecule has 0 N–H and O–H groups in total. The van der Waals surface area contributed by atoms with Gasteiger partial charge in [0.1, 0.15) is 0 Å². The van der Waals surface area contributed by atoms with Crippen LogP contribution in [0.4, 0.5) is 0 Å². The lowest BCUT2D eigenvalue weighted by Gasteiger charge is -2.01. The van der Waals surface area contributed by atoms with Gasteiger partial charge in [-0.3, -0.25) is 16.9 Å². The second kappa shape index (κ2) is 8.31. The van der Waals surface area contributed by atoms with Crippen molar-refractivity contribution >= 4 is 31.1 Å². The predicted molar refractivity (Wildman–Crippen MR) is 63.2 cm³/mol. The van der Waals surface area contributed by atoms with E-state index in [1.807, 2.05) is 18.2 Å². The van der Waals surface area contributed by atoms with Crippen molar-refractivity contribution in [2.75, 3.05) is 6.61 Å². The highest BCUT2D eigenvalue weighted by Crippen LogP contribution is 2.00. The standard InChI is InChI=1S/C11H11O.BrH.Mg/c1-2-3-9-12-10-11-7-5-4-6-8-11;;/h4-8H,3,9-10H2;1H;/q;;+1/p-1. The van der Waals surface area contributed by atoms with Crippen molar-refractivity contribution in [2.24, 2.45) is 0 Å². The van der Waals surface area contributed by atoms with Crippen molar-refractivity contribution < 1.29 is 4.74 Å². The van der Waals surface area contributed by atoms with Crippen molar-refractivity contribution in [1.29, 1.82) is 0 Å². The van der Waals surface area contributed by atoms with Crippen LogP contribution in [0.25, 0.3) is 0 Å². The highest BCUT2D eigenvalue weighted by Gasteiger charge is 1.89. The average molecular weight is 263 g/mol. The summed E-state index contributed by atoms with van der Waals surface area (Å²) in [6.07, 6.45) is 0.839. The monoisotopic (exact) mass is 262 g/mol. The second-order valence-electron chi connectivity index (χ2n) is 2.78. The molecule has 0 spiro atoms. The van der Waals surface area contributed by atoms with Crippen molar-refractivity contribution in [1.82, 2.24) is 0 Å². The fourth-order valence-corrected chi connectivity index (χ4v) is 1.89. The molecule has 0 fully saturated rings. The molecule has 0 saturated carbocycles. The average Bonchev–Trinajstić information content (AvgIpc) is 2.25. The summed E-state index contributed by atoms with van der Waals surface area (Å²) in [6, 6.07) is 10.2. The Kier molecular flexibility index (Phi) is 7.15. The quantitative estimate of drug-likeness (QED) is 0.461. The summed E-state index contributed by atoms with van der Waals surface area (Å²) in [6.45, 7) is 1.41. The third-order valence-corrected chi connectivity index (χ3v) is 2.90. The number of hydrogen-bond donors (Lipinski definition) is 0. The normalized spacial score (nSPS) is 8.64. The van der Waals surface area contributed by atoms with Gasteiger partial charge in [-0.1, -0.05) is 30.3 Å². The molecule has 70 valence electrons. The molecular weight excluding hydrogens is 252 g/mol. The van der Waals surface area contributed by atoms with Crippen LogP contribution in [0.1, 0.15) is 12.0 Å². The van der Waals surface area contributed by atoms with Gasteiger partial charge in [0, 0.05) is 6.42 Å². The maximum absolute atomic E-state index is 5.46. The van der Waals surface area contributed by atoms with E-state index in [0.717, 1.165) is 13.0 Å². The fourth-order valence-electron chi connectivity index (χ4n) is 1.02. The molecule has 0 aliphatic rings. The van der Waals surface area contributed by atoms with Crippen molar-refractivity contribution in [3.8, 4) is 9.97 Å². The van der Waals surface area contributed by atoms with Crippen molar-refractivity contribution in [3.05, 3.63) is 35.9 Å². The van der Waals surface area contributed by atoms with Gasteiger partial charge in [-0.15, -0.1) is 5.92 Å². The Labute approximate surface area is 101 Å². The lowest BCUT2D eigenvalue weighted by molar-refractivity contribution is 0.126. The SMILES string of the molecule is [Br][Mg][C]#CCCOCc1ccccc1. The Hall–Kier alpha value is -0.0138. The summed E-state index contributed by atoms with van der Waals surface area (Å²) >= 11 is 3.10.